The first-order valence-corrected chi connectivity index (χ1v) is 7.08. The number of fused-ring (bicyclic) bond motifs is 1. The van der Waals surface area contributed by atoms with Crippen molar-refractivity contribution in [2.24, 2.45) is 0 Å². The third kappa shape index (κ3) is 2.44. The number of hydrogen-bond donors (Lipinski definition) is 2. The number of benzene rings is 1. The molecule has 20 heavy (non-hydrogen) atoms. The molecule has 0 saturated heterocycles. The Hall–Kier alpha value is -1.79. The van der Waals surface area contributed by atoms with Crippen LogP contribution in [0.1, 0.15) is 0 Å². The molecule has 2 N–H and O–H groups in total. The number of imidazole rings is 1. The van der Waals surface area contributed by atoms with Crippen LogP contribution in [0.25, 0.3) is 5.65 Å². The Morgan fingerprint density at radius 3 is 3.00 bits per heavy atom. The summed E-state index contributed by atoms with van der Waals surface area (Å²) in [5, 5.41) is 6.93. The molecule has 102 valence electrons. The fourth-order valence-electron chi connectivity index (χ4n) is 1.86. The quantitative estimate of drug-likeness (QED) is 0.750. The summed E-state index contributed by atoms with van der Waals surface area (Å²) in [6, 6.07) is 5.54. The third-order valence-electron chi connectivity index (χ3n) is 2.81. The van der Waals surface area contributed by atoms with Crippen LogP contribution in [0.5, 0.6) is 0 Å². The highest BCUT2D eigenvalue weighted by Gasteiger charge is 2.09. The molecule has 3 aromatic rings. The van der Waals surface area contributed by atoms with Crippen molar-refractivity contribution in [1.29, 1.82) is 0 Å². The maximum absolute atomic E-state index is 6.02. The maximum atomic E-state index is 6.02. The third-order valence-corrected chi connectivity index (χ3v) is 3.74. The fraction of sp³-hybridized carbons (Fsp3) is 0.0769. The van der Waals surface area contributed by atoms with Crippen molar-refractivity contribution in [2.45, 2.75) is 0 Å². The van der Waals surface area contributed by atoms with E-state index >= 15 is 0 Å². The van der Waals surface area contributed by atoms with Gasteiger partial charge in [0.15, 0.2) is 11.5 Å². The molecule has 0 radical (unpaired) electrons. The van der Waals surface area contributed by atoms with Crippen molar-refractivity contribution in [3.63, 3.8) is 0 Å². The van der Waals surface area contributed by atoms with Gasteiger partial charge in [-0.25, -0.2) is 9.97 Å². The summed E-state index contributed by atoms with van der Waals surface area (Å²) in [4.78, 5) is 8.79. The van der Waals surface area contributed by atoms with Crippen molar-refractivity contribution in [1.82, 2.24) is 14.4 Å². The van der Waals surface area contributed by atoms with Gasteiger partial charge >= 0.3 is 0 Å². The van der Waals surface area contributed by atoms with Gasteiger partial charge in [0.25, 0.3) is 0 Å². The number of aromatic nitrogens is 3. The number of hydrogen-bond acceptors (Lipinski definition) is 4. The maximum Gasteiger partial charge on any atom is 0.180 e. The summed E-state index contributed by atoms with van der Waals surface area (Å²) in [6.45, 7) is 0. The van der Waals surface area contributed by atoms with E-state index in [4.69, 9.17) is 11.6 Å². The SMILES string of the molecule is CNc1cn2ccnc2c(Nc2cc(Cl)ccc2Br)n1. The van der Waals surface area contributed by atoms with Crippen molar-refractivity contribution in [3.8, 4) is 0 Å². The molecule has 0 aliphatic rings. The molecule has 0 bridgehead atoms. The number of nitrogens with zero attached hydrogens (tertiary/aromatic N) is 3. The molecule has 0 saturated carbocycles. The fourth-order valence-corrected chi connectivity index (χ4v) is 2.37. The van der Waals surface area contributed by atoms with Crippen LogP contribution in [0.3, 0.4) is 0 Å². The van der Waals surface area contributed by atoms with E-state index in [1.807, 2.05) is 42.0 Å². The lowest BCUT2D eigenvalue weighted by Crippen LogP contribution is -2.02. The Labute approximate surface area is 129 Å². The van der Waals surface area contributed by atoms with E-state index in [0.717, 1.165) is 21.6 Å². The van der Waals surface area contributed by atoms with Crippen molar-refractivity contribution >= 4 is 50.5 Å². The average Bonchev–Trinajstić information content (AvgIpc) is 2.91. The van der Waals surface area contributed by atoms with E-state index in [2.05, 4.69) is 36.5 Å². The lowest BCUT2D eigenvalue weighted by atomic mass is 10.3. The minimum Gasteiger partial charge on any atom is -0.372 e. The van der Waals surface area contributed by atoms with Crippen LogP contribution < -0.4 is 10.6 Å². The van der Waals surface area contributed by atoms with Crippen LogP contribution in [-0.4, -0.2) is 21.4 Å². The summed E-state index contributed by atoms with van der Waals surface area (Å²) < 4.78 is 2.81. The highest BCUT2D eigenvalue weighted by Crippen LogP contribution is 2.29. The van der Waals surface area contributed by atoms with Gasteiger partial charge < -0.3 is 15.0 Å². The molecule has 0 aliphatic carbocycles. The number of anilines is 3. The zero-order chi connectivity index (χ0) is 14.1. The predicted octanol–water partition coefficient (Wildman–Crippen LogP) is 3.93. The summed E-state index contributed by atoms with van der Waals surface area (Å²) >= 11 is 9.51. The second-order valence-corrected chi connectivity index (χ2v) is 5.42. The molecule has 0 unspecified atom stereocenters. The lowest BCUT2D eigenvalue weighted by Gasteiger charge is -2.11. The largest absolute Gasteiger partial charge is 0.372 e. The molecule has 0 atom stereocenters. The normalized spacial score (nSPS) is 10.8. The zero-order valence-electron chi connectivity index (χ0n) is 10.6. The number of halogens is 2. The summed E-state index contributed by atoms with van der Waals surface area (Å²) in [5.41, 5.74) is 1.58. The van der Waals surface area contributed by atoms with Gasteiger partial charge in [0.1, 0.15) is 5.82 Å². The minimum absolute atomic E-state index is 0.653. The van der Waals surface area contributed by atoms with Gasteiger partial charge in [0.05, 0.1) is 11.9 Å². The topological polar surface area (TPSA) is 54.2 Å². The molecule has 0 amide bonds. The molecule has 3 rings (SSSR count). The van der Waals surface area contributed by atoms with Gasteiger partial charge in [0.2, 0.25) is 0 Å². The van der Waals surface area contributed by atoms with E-state index in [0.29, 0.717) is 10.8 Å². The number of nitrogens with one attached hydrogen (secondary N) is 2. The first-order chi connectivity index (χ1) is 9.67. The molecular weight excluding hydrogens is 342 g/mol. The van der Waals surface area contributed by atoms with Gasteiger partial charge in [-0.15, -0.1) is 0 Å². The van der Waals surface area contributed by atoms with Crippen LogP contribution in [0.2, 0.25) is 5.02 Å². The van der Waals surface area contributed by atoms with Gasteiger partial charge in [-0.2, -0.15) is 0 Å². The Morgan fingerprint density at radius 2 is 2.20 bits per heavy atom. The van der Waals surface area contributed by atoms with Gasteiger partial charge in [-0.1, -0.05) is 11.6 Å². The molecule has 5 nitrogen and oxygen atoms in total. The van der Waals surface area contributed by atoms with Crippen LogP contribution in [0.4, 0.5) is 17.3 Å². The molecule has 2 aromatic heterocycles. The number of rotatable bonds is 3. The second kappa shape index (κ2) is 5.30. The Bertz CT molecular complexity index is 771. The van der Waals surface area contributed by atoms with Gasteiger partial charge in [0, 0.05) is 28.9 Å². The summed E-state index contributed by atoms with van der Waals surface area (Å²) in [7, 11) is 1.82. The van der Waals surface area contributed by atoms with E-state index in [1.54, 1.807) is 6.20 Å². The van der Waals surface area contributed by atoms with Crippen molar-refractivity contribution in [2.75, 3.05) is 17.7 Å². The van der Waals surface area contributed by atoms with Gasteiger partial charge in [-0.05, 0) is 34.1 Å². The summed E-state index contributed by atoms with van der Waals surface area (Å²) in [6.07, 6.45) is 5.48. The van der Waals surface area contributed by atoms with E-state index in [-0.39, 0.29) is 0 Å². The average molecular weight is 353 g/mol. The first kappa shape index (κ1) is 13.2. The van der Waals surface area contributed by atoms with Crippen molar-refractivity contribution < 1.29 is 0 Å². The Kier molecular flexibility index (Phi) is 3.50. The van der Waals surface area contributed by atoms with Crippen LogP contribution in [0.15, 0.2) is 41.3 Å². The summed E-state index contributed by atoms with van der Waals surface area (Å²) in [5.74, 6) is 1.40. The van der Waals surface area contributed by atoms with E-state index in [9.17, 15) is 0 Å². The molecule has 2 heterocycles. The lowest BCUT2D eigenvalue weighted by molar-refractivity contribution is 1.12. The Balaban J connectivity index is 2.09. The van der Waals surface area contributed by atoms with E-state index in [1.165, 1.54) is 0 Å². The van der Waals surface area contributed by atoms with Crippen molar-refractivity contribution in [3.05, 3.63) is 46.3 Å². The molecule has 7 heteroatoms. The molecular formula is C13H11BrClN5. The van der Waals surface area contributed by atoms with E-state index < -0.39 is 0 Å². The monoisotopic (exact) mass is 351 g/mol. The second-order valence-electron chi connectivity index (χ2n) is 4.13. The highest BCUT2D eigenvalue weighted by atomic mass is 79.9. The van der Waals surface area contributed by atoms with Crippen LogP contribution in [-0.2, 0) is 0 Å². The van der Waals surface area contributed by atoms with Gasteiger partial charge in [-0.3, -0.25) is 0 Å². The standard InChI is InChI=1S/C13H11BrClN5/c1-16-11-7-20-5-4-17-13(20)12(19-11)18-10-6-8(15)2-3-9(10)14/h2-7,16H,1H3,(H,18,19). The molecule has 0 spiro atoms. The minimum atomic E-state index is 0.653. The first-order valence-electron chi connectivity index (χ1n) is 5.91. The Morgan fingerprint density at radius 1 is 1.35 bits per heavy atom. The molecule has 0 aliphatic heterocycles. The molecule has 1 aromatic carbocycles. The highest BCUT2D eigenvalue weighted by molar-refractivity contribution is 9.10. The van der Waals surface area contributed by atoms with Crippen LogP contribution in [0, 0.1) is 0 Å². The van der Waals surface area contributed by atoms with Crippen LogP contribution >= 0.6 is 27.5 Å². The molecule has 0 fully saturated rings. The zero-order valence-corrected chi connectivity index (χ0v) is 12.9. The smallest absolute Gasteiger partial charge is 0.180 e. The predicted molar refractivity (Wildman–Crippen MR) is 85.0 cm³/mol.